The van der Waals surface area contributed by atoms with Crippen molar-refractivity contribution in [2.24, 2.45) is 5.92 Å². The Kier molecular flexibility index (Phi) is 7.06. The quantitative estimate of drug-likeness (QED) is 0.539. The van der Waals surface area contributed by atoms with E-state index >= 15 is 0 Å². The number of nitrogens with one attached hydrogen (secondary N) is 2. The fourth-order valence-electron chi connectivity index (χ4n) is 3.76. The van der Waals surface area contributed by atoms with E-state index in [0.29, 0.717) is 42.9 Å². The van der Waals surface area contributed by atoms with Crippen molar-refractivity contribution in [1.82, 2.24) is 14.9 Å². The third-order valence-electron chi connectivity index (χ3n) is 5.70. The van der Waals surface area contributed by atoms with Crippen molar-refractivity contribution in [3.05, 3.63) is 77.9 Å². The number of hydrogen-bond acceptors (Lipinski definition) is 6. The summed E-state index contributed by atoms with van der Waals surface area (Å²) in [5.41, 5.74) is 1.50. The molecule has 11 heteroatoms. The Labute approximate surface area is 202 Å². The van der Waals surface area contributed by atoms with Crippen molar-refractivity contribution >= 4 is 33.5 Å². The highest BCUT2D eigenvalue weighted by Crippen LogP contribution is 2.22. The number of nitrogens with zero attached hydrogens (tertiary/aromatic N) is 3. The van der Waals surface area contributed by atoms with Crippen molar-refractivity contribution in [3.63, 3.8) is 0 Å². The average Bonchev–Trinajstić information content (AvgIpc) is 2.84. The molecule has 3 aromatic rings. The van der Waals surface area contributed by atoms with Gasteiger partial charge in [-0.2, -0.15) is 0 Å². The summed E-state index contributed by atoms with van der Waals surface area (Å²) in [6, 6.07) is 12.8. The molecule has 2 aromatic carbocycles. The van der Waals surface area contributed by atoms with E-state index in [1.165, 1.54) is 54.7 Å². The van der Waals surface area contributed by atoms with Crippen molar-refractivity contribution < 1.29 is 22.4 Å². The van der Waals surface area contributed by atoms with E-state index in [1.807, 2.05) is 0 Å². The topological polar surface area (TPSA) is 121 Å². The lowest BCUT2D eigenvalue weighted by Crippen LogP contribution is -2.41. The summed E-state index contributed by atoms with van der Waals surface area (Å²) in [5.74, 6) is -1.09. The van der Waals surface area contributed by atoms with Gasteiger partial charge in [0.05, 0.1) is 4.90 Å². The molecule has 1 fully saturated rings. The number of aromatic nitrogens is 2. The van der Waals surface area contributed by atoms with Gasteiger partial charge in [0.15, 0.2) is 0 Å². The van der Waals surface area contributed by atoms with Crippen molar-refractivity contribution in [2.45, 2.75) is 24.7 Å². The van der Waals surface area contributed by atoms with Crippen LogP contribution in [0, 0.1) is 18.7 Å². The maximum Gasteiger partial charge on any atom is 0.264 e. The normalized spacial score (nSPS) is 14.4. The fourth-order valence-corrected chi connectivity index (χ4v) is 4.71. The van der Waals surface area contributed by atoms with E-state index in [1.54, 1.807) is 17.9 Å². The van der Waals surface area contributed by atoms with Crippen molar-refractivity contribution in [3.8, 4) is 0 Å². The summed E-state index contributed by atoms with van der Waals surface area (Å²) in [7, 11) is -3.88. The second-order valence-electron chi connectivity index (χ2n) is 8.21. The van der Waals surface area contributed by atoms with E-state index in [4.69, 9.17) is 0 Å². The molecule has 2 amide bonds. The number of sulfonamides is 1. The Morgan fingerprint density at radius 1 is 1.00 bits per heavy atom. The van der Waals surface area contributed by atoms with Crippen LogP contribution in [0.4, 0.5) is 16.0 Å². The molecule has 35 heavy (non-hydrogen) atoms. The highest BCUT2D eigenvalue weighted by Gasteiger charge is 2.28. The van der Waals surface area contributed by atoms with Gasteiger partial charge in [-0.05, 0) is 74.4 Å². The molecule has 0 spiro atoms. The first-order valence-electron chi connectivity index (χ1n) is 11.0. The average molecular weight is 498 g/mol. The second kappa shape index (κ2) is 10.2. The van der Waals surface area contributed by atoms with Crippen LogP contribution in [0.25, 0.3) is 0 Å². The summed E-state index contributed by atoms with van der Waals surface area (Å²) in [6.45, 7) is 2.56. The van der Waals surface area contributed by atoms with Gasteiger partial charge in [-0.3, -0.25) is 9.59 Å². The summed E-state index contributed by atoms with van der Waals surface area (Å²) >= 11 is 0. The minimum atomic E-state index is -3.88. The van der Waals surface area contributed by atoms with Crippen molar-refractivity contribution in [1.29, 1.82) is 0 Å². The molecule has 0 atom stereocenters. The van der Waals surface area contributed by atoms with E-state index in [2.05, 4.69) is 20.0 Å². The molecule has 0 bridgehead atoms. The van der Waals surface area contributed by atoms with Gasteiger partial charge in [0.25, 0.3) is 15.9 Å². The minimum Gasteiger partial charge on any atom is -0.339 e. The Hall–Kier alpha value is -3.86. The number of hydrogen-bond donors (Lipinski definition) is 2. The first-order valence-corrected chi connectivity index (χ1v) is 12.5. The van der Waals surface area contributed by atoms with E-state index in [-0.39, 0.29) is 28.6 Å². The molecular weight excluding hydrogens is 473 g/mol. The molecule has 1 aliphatic heterocycles. The van der Waals surface area contributed by atoms with Gasteiger partial charge in [0.1, 0.15) is 5.82 Å². The number of carbonyl (C=O) groups is 2. The molecule has 1 saturated heterocycles. The molecule has 2 N–H and O–H groups in total. The van der Waals surface area contributed by atoms with Crippen LogP contribution in [-0.2, 0) is 14.8 Å². The van der Waals surface area contributed by atoms with Crippen LogP contribution in [0.1, 0.15) is 28.9 Å². The molecule has 1 aromatic heterocycles. The van der Waals surface area contributed by atoms with Crippen LogP contribution < -0.4 is 10.0 Å². The fraction of sp³-hybridized carbons (Fsp3) is 0.250. The number of piperidine rings is 1. The molecule has 0 radical (unpaired) electrons. The number of rotatable bonds is 6. The lowest BCUT2D eigenvalue weighted by Gasteiger charge is -2.31. The Morgan fingerprint density at radius 3 is 2.29 bits per heavy atom. The van der Waals surface area contributed by atoms with E-state index in [9.17, 15) is 22.4 Å². The largest absolute Gasteiger partial charge is 0.339 e. The van der Waals surface area contributed by atoms with Crippen LogP contribution in [0.3, 0.4) is 0 Å². The lowest BCUT2D eigenvalue weighted by molar-refractivity contribution is -0.121. The van der Waals surface area contributed by atoms with E-state index in [0.717, 1.165) is 0 Å². The van der Waals surface area contributed by atoms with Gasteiger partial charge >= 0.3 is 0 Å². The molecule has 1 aliphatic rings. The zero-order valence-corrected chi connectivity index (χ0v) is 19.8. The number of halogens is 1. The number of anilines is 2. The molecule has 0 saturated carbocycles. The lowest BCUT2D eigenvalue weighted by atomic mass is 9.95. The highest BCUT2D eigenvalue weighted by atomic mass is 32.2. The molecule has 9 nitrogen and oxygen atoms in total. The molecule has 0 unspecified atom stereocenters. The number of likely N-dealkylation sites (tertiary alicyclic amines) is 1. The van der Waals surface area contributed by atoms with Crippen LogP contribution in [0.15, 0.2) is 65.7 Å². The molecule has 2 heterocycles. The van der Waals surface area contributed by atoms with Gasteiger partial charge in [0, 0.05) is 42.1 Å². The standard InChI is InChI=1S/C24H24FN5O4S/c1-16-10-13-26-24(27-16)29-35(33,34)21-8-6-20(7-9-21)28-22(31)17-11-14-30(15-12-17)23(32)18-2-4-19(25)5-3-18/h2-10,13,17H,11-12,14-15H2,1H3,(H,28,31)(H,26,27,29). The van der Waals surface area contributed by atoms with Crippen LogP contribution in [-0.4, -0.2) is 48.2 Å². The second-order valence-corrected chi connectivity index (χ2v) is 9.90. The van der Waals surface area contributed by atoms with Gasteiger partial charge < -0.3 is 10.2 Å². The Morgan fingerprint density at radius 2 is 1.66 bits per heavy atom. The van der Waals surface area contributed by atoms with Gasteiger partial charge in [-0.25, -0.2) is 27.5 Å². The summed E-state index contributed by atoms with van der Waals surface area (Å²) < 4.78 is 40.6. The highest BCUT2D eigenvalue weighted by molar-refractivity contribution is 7.92. The third kappa shape index (κ3) is 5.99. The van der Waals surface area contributed by atoms with Gasteiger partial charge in [-0.15, -0.1) is 0 Å². The summed E-state index contributed by atoms with van der Waals surface area (Å²) in [5, 5.41) is 2.81. The SMILES string of the molecule is Cc1ccnc(NS(=O)(=O)c2ccc(NC(=O)C3CCN(C(=O)c4ccc(F)cc4)CC3)cc2)n1. The molecule has 4 rings (SSSR count). The summed E-state index contributed by atoms with van der Waals surface area (Å²) in [6.07, 6.45) is 2.44. The van der Waals surface area contributed by atoms with Crippen molar-refractivity contribution in [2.75, 3.05) is 23.1 Å². The Balaban J connectivity index is 1.31. The van der Waals surface area contributed by atoms with Crippen LogP contribution >= 0.6 is 0 Å². The number of amides is 2. The third-order valence-corrected chi connectivity index (χ3v) is 7.04. The van der Waals surface area contributed by atoms with Gasteiger partial charge in [-0.1, -0.05) is 0 Å². The predicted octanol–water partition coefficient (Wildman–Crippen LogP) is 3.22. The predicted molar refractivity (Wildman–Crippen MR) is 128 cm³/mol. The molecule has 182 valence electrons. The smallest absolute Gasteiger partial charge is 0.264 e. The first kappa shape index (κ1) is 24.3. The zero-order valence-electron chi connectivity index (χ0n) is 18.9. The number of benzene rings is 2. The Bertz CT molecular complexity index is 1320. The first-order chi connectivity index (χ1) is 16.7. The van der Waals surface area contributed by atoms with Gasteiger partial charge in [0.2, 0.25) is 11.9 Å². The summed E-state index contributed by atoms with van der Waals surface area (Å²) in [4.78, 5) is 34.9. The van der Waals surface area contributed by atoms with E-state index < -0.39 is 15.8 Å². The molecule has 0 aliphatic carbocycles. The van der Waals surface area contributed by atoms with Crippen LogP contribution in [0.5, 0.6) is 0 Å². The monoisotopic (exact) mass is 497 g/mol. The number of carbonyl (C=O) groups excluding carboxylic acids is 2. The maximum atomic E-state index is 13.1. The minimum absolute atomic E-state index is 0.00761. The number of aryl methyl sites for hydroxylation is 1. The maximum absolute atomic E-state index is 13.1. The zero-order chi connectivity index (χ0) is 25.0. The molecular formula is C24H24FN5O4S. The van der Waals surface area contributed by atoms with Crippen LogP contribution in [0.2, 0.25) is 0 Å².